The number of hydrogen-bond donors (Lipinski definition) is 1. The van der Waals surface area contributed by atoms with Crippen molar-refractivity contribution in [2.24, 2.45) is 0 Å². The summed E-state index contributed by atoms with van der Waals surface area (Å²) in [6.07, 6.45) is 0.474. The van der Waals surface area contributed by atoms with E-state index >= 15 is 0 Å². The first kappa shape index (κ1) is 20.0. The van der Waals surface area contributed by atoms with Crippen LogP contribution in [0.15, 0.2) is 24.3 Å². The van der Waals surface area contributed by atoms with Crippen LogP contribution in [0.25, 0.3) is 0 Å². The van der Waals surface area contributed by atoms with Gasteiger partial charge in [-0.1, -0.05) is 24.6 Å². The van der Waals surface area contributed by atoms with Crippen LogP contribution in [-0.4, -0.2) is 24.6 Å². The van der Waals surface area contributed by atoms with Gasteiger partial charge in [0.2, 0.25) is 0 Å². The van der Waals surface area contributed by atoms with Crippen molar-refractivity contribution in [3.63, 3.8) is 0 Å². The minimum atomic E-state index is -0.407. The van der Waals surface area contributed by atoms with E-state index in [0.29, 0.717) is 22.7 Å². The van der Waals surface area contributed by atoms with E-state index in [9.17, 15) is 9.59 Å². The predicted octanol–water partition coefficient (Wildman–Crippen LogP) is 4.51. The van der Waals surface area contributed by atoms with Crippen molar-refractivity contribution in [3.05, 3.63) is 45.8 Å². The Labute approximate surface area is 158 Å². The predicted molar refractivity (Wildman–Crippen MR) is 104 cm³/mol. The van der Waals surface area contributed by atoms with Gasteiger partial charge >= 0.3 is 5.97 Å². The smallest absolute Gasteiger partial charge is 0.341 e. The van der Waals surface area contributed by atoms with Crippen molar-refractivity contribution in [1.82, 2.24) is 0 Å². The zero-order valence-corrected chi connectivity index (χ0v) is 16.7. The van der Waals surface area contributed by atoms with E-state index in [1.807, 2.05) is 45.0 Å². The minimum Gasteiger partial charge on any atom is -0.484 e. The van der Waals surface area contributed by atoms with Crippen LogP contribution >= 0.6 is 11.3 Å². The van der Waals surface area contributed by atoms with Crippen molar-refractivity contribution in [2.75, 3.05) is 11.9 Å². The third-order valence-corrected chi connectivity index (χ3v) is 4.82. The second-order valence-electron chi connectivity index (χ2n) is 6.30. The molecule has 26 heavy (non-hydrogen) atoms. The number of aryl methyl sites for hydroxylation is 2. The molecule has 1 N–H and O–H groups in total. The third-order valence-electron chi connectivity index (χ3n) is 3.75. The average Bonchev–Trinajstić information content (AvgIpc) is 2.88. The molecule has 2 rings (SSSR count). The summed E-state index contributed by atoms with van der Waals surface area (Å²) in [5, 5.41) is 3.31. The van der Waals surface area contributed by atoms with Crippen LogP contribution in [0.4, 0.5) is 5.00 Å². The van der Waals surface area contributed by atoms with Gasteiger partial charge in [-0.3, -0.25) is 4.79 Å². The Balaban J connectivity index is 2.11. The van der Waals surface area contributed by atoms with Crippen LogP contribution in [0, 0.1) is 13.8 Å². The summed E-state index contributed by atoms with van der Waals surface area (Å²) in [6.45, 7) is 9.38. The summed E-state index contributed by atoms with van der Waals surface area (Å²) in [5.74, 6) is -0.0918. The number of rotatable bonds is 7. The number of ether oxygens (including phenoxy) is 2. The van der Waals surface area contributed by atoms with Crippen molar-refractivity contribution < 1.29 is 19.1 Å². The Kier molecular flexibility index (Phi) is 6.80. The highest BCUT2D eigenvalue weighted by molar-refractivity contribution is 7.16. The second kappa shape index (κ2) is 8.85. The lowest BCUT2D eigenvalue weighted by Crippen LogP contribution is -2.22. The number of esters is 1. The van der Waals surface area contributed by atoms with Gasteiger partial charge in [0.15, 0.2) is 6.61 Å². The van der Waals surface area contributed by atoms with Crippen LogP contribution < -0.4 is 10.1 Å². The molecule has 0 unspecified atom stereocenters. The maximum Gasteiger partial charge on any atom is 0.341 e. The Morgan fingerprint density at radius 1 is 1.15 bits per heavy atom. The van der Waals surface area contributed by atoms with Gasteiger partial charge in [0, 0.05) is 4.88 Å². The topological polar surface area (TPSA) is 64.6 Å². The highest BCUT2D eigenvalue weighted by Gasteiger charge is 2.24. The fourth-order valence-electron chi connectivity index (χ4n) is 2.53. The highest BCUT2D eigenvalue weighted by atomic mass is 32.1. The molecule has 0 spiro atoms. The molecule has 5 nitrogen and oxygen atoms in total. The first-order valence-corrected chi connectivity index (χ1v) is 9.46. The van der Waals surface area contributed by atoms with Gasteiger partial charge in [-0.25, -0.2) is 4.79 Å². The summed E-state index contributed by atoms with van der Waals surface area (Å²) in [6, 6.07) is 7.48. The first-order chi connectivity index (χ1) is 12.3. The number of anilines is 1. The van der Waals surface area contributed by atoms with E-state index in [-0.39, 0.29) is 18.6 Å². The Hall–Kier alpha value is -2.34. The highest BCUT2D eigenvalue weighted by Crippen LogP contribution is 2.34. The van der Waals surface area contributed by atoms with Gasteiger partial charge in [-0.05, 0) is 51.8 Å². The van der Waals surface area contributed by atoms with Crippen LogP contribution in [-0.2, 0) is 16.0 Å². The number of benzene rings is 1. The molecule has 0 aliphatic carbocycles. The van der Waals surface area contributed by atoms with E-state index in [2.05, 4.69) is 5.32 Å². The van der Waals surface area contributed by atoms with E-state index in [1.165, 1.54) is 11.3 Å². The Bertz CT molecular complexity index is 778. The Morgan fingerprint density at radius 3 is 2.38 bits per heavy atom. The molecule has 0 saturated heterocycles. The molecule has 1 aromatic carbocycles. The summed E-state index contributed by atoms with van der Waals surface area (Å²) in [5.41, 5.74) is 2.49. The molecule has 0 atom stereocenters. The van der Waals surface area contributed by atoms with Gasteiger partial charge in [-0.2, -0.15) is 0 Å². The molecular weight excluding hydrogens is 350 g/mol. The maximum absolute atomic E-state index is 12.5. The van der Waals surface area contributed by atoms with Gasteiger partial charge in [0.25, 0.3) is 5.91 Å². The number of carbonyl (C=O) groups is 2. The van der Waals surface area contributed by atoms with Crippen LogP contribution in [0.5, 0.6) is 5.75 Å². The van der Waals surface area contributed by atoms with Gasteiger partial charge in [0.1, 0.15) is 10.8 Å². The lowest BCUT2D eigenvalue weighted by molar-refractivity contribution is -0.118. The molecule has 1 heterocycles. The van der Waals surface area contributed by atoms with E-state index in [1.54, 1.807) is 13.8 Å². The Morgan fingerprint density at radius 2 is 1.81 bits per heavy atom. The number of thiophene rings is 1. The fourth-order valence-corrected chi connectivity index (χ4v) is 3.68. The SMILES string of the molecule is CCc1c(C)sc(NC(=O)COc2ccc(C)cc2)c1C(=O)OC(C)C. The molecule has 2 aromatic rings. The minimum absolute atomic E-state index is 0.125. The molecular formula is C20H25NO4S. The molecule has 0 fully saturated rings. The number of nitrogens with one attached hydrogen (secondary N) is 1. The molecule has 6 heteroatoms. The van der Waals surface area contributed by atoms with Crippen molar-refractivity contribution in [1.29, 1.82) is 0 Å². The number of amides is 1. The van der Waals surface area contributed by atoms with Crippen LogP contribution in [0.2, 0.25) is 0 Å². The normalized spacial score (nSPS) is 10.7. The number of carbonyl (C=O) groups excluding carboxylic acids is 2. The molecule has 1 amide bonds. The summed E-state index contributed by atoms with van der Waals surface area (Å²) in [4.78, 5) is 25.7. The fraction of sp³-hybridized carbons (Fsp3) is 0.400. The standard InChI is InChI=1S/C20H25NO4S/c1-6-16-14(5)26-19(18(16)20(23)25-12(2)3)21-17(22)11-24-15-9-7-13(4)8-10-15/h7-10,12H,6,11H2,1-5H3,(H,21,22). The zero-order chi connectivity index (χ0) is 19.3. The van der Waals surface area contributed by atoms with Crippen molar-refractivity contribution in [3.8, 4) is 5.75 Å². The maximum atomic E-state index is 12.5. The molecule has 0 aliphatic rings. The molecule has 0 bridgehead atoms. The molecule has 0 aliphatic heterocycles. The van der Waals surface area contributed by atoms with Crippen LogP contribution in [0.1, 0.15) is 47.1 Å². The number of hydrogen-bond acceptors (Lipinski definition) is 5. The summed E-state index contributed by atoms with van der Waals surface area (Å²) >= 11 is 1.38. The molecule has 1 aromatic heterocycles. The lowest BCUT2D eigenvalue weighted by Gasteiger charge is -2.11. The first-order valence-electron chi connectivity index (χ1n) is 8.64. The molecule has 0 radical (unpaired) electrons. The van der Waals surface area contributed by atoms with E-state index < -0.39 is 5.97 Å². The van der Waals surface area contributed by atoms with Gasteiger partial charge < -0.3 is 14.8 Å². The molecule has 140 valence electrons. The lowest BCUT2D eigenvalue weighted by atomic mass is 10.1. The van der Waals surface area contributed by atoms with Crippen molar-refractivity contribution in [2.45, 2.75) is 47.1 Å². The van der Waals surface area contributed by atoms with Gasteiger partial charge in [-0.15, -0.1) is 11.3 Å². The van der Waals surface area contributed by atoms with Crippen molar-refractivity contribution >= 4 is 28.2 Å². The zero-order valence-electron chi connectivity index (χ0n) is 15.8. The second-order valence-corrected chi connectivity index (χ2v) is 7.52. The summed E-state index contributed by atoms with van der Waals surface area (Å²) < 4.78 is 10.8. The quantitative estimate of drug-likeness (QED) is 0.723. The largest absolute Gasteiger partial charge is 0.484 e. The van der Waals surface area contributed by atoms with E-state index in [4.69, 9.17) is 9.47 Å². The van der Waals surface area contributed by atoms with Gasteiger partial charge in [0.05, 0.1) is 11.7 Å². The third kappa shape index (κ3) is 5.08. The monoisotopic (exact) mass is 375 g/mol. The van der Waals surface area contributed by atoms with E-state index in [0.717, 1.165) is 16.0 Å². The summed E-state index contributed by atoms with van der Waals surface area (Å²) in [7, 11) is 0. The average molecular weight is 375 g/mol. The van der Waals surface area contributed by atoms with Crippen LogP contribution in [0.3, 0.4) is 0 Å². The molecule has 0 saturated carbocycles.